The number of allylic oxidation sites excluding steroid dienone is 6. The number of hydrogen-bond donors (Lipinski definition) is 1. The molecule has 0 radical (unpaired) electrons. The molecule has 3 heteroatoms. The van der Waals surface area contributed by atoms with Crippen molar-refractivity contribution in [1.82, 2.24) is 9.80 Å². The van der Waals surface area contributed by atoms with Crippen molar-refractivity contribution in [2.24, 2.45) is 0 Å². The molecule has 0 amide bonds. The maximum Gasteiger partial charge on any atom is 0.153 e. The Morgan fingerprint density at radius 2 is 1.81 bits per heavy atom. The lowest BCUT2D eigenvalue weighted by atomic mass is 10.1. The van der Waals surface area contributed by atoms with Crippen molar-refractivity contribution >= 4 is 0 Å². The Morgan fingerprint density at radius 1 is 1.12 bits per heavy atom. The highest BCUT2D eigenvalue weighted by atomic mass is 16.3. The summed E-state index contributed by atoms with van der Waals surface area (Å²) >= 11 is 0. The van der Waals surface area contributed by atoms with Gasteiger partial charge in [-0.3, -0.25) is 0 Å². The molecule has 0 saturated heterocycles. The van der Waals surface area contributed by atoms with Crippen LogP contribution in [0, 0.1) is 12.4 Å². The molecule has 2 rings (SSSR count). The Morgan fingerprint density at radius 3 is 2.31 bits per heavy atom. The molecule has 0 fully saturated rings. The fraction of sp³-hybridized carbons (Fsp3) is 0.231. The van der Waals surface area contributed by atoms with Crippen molar-refractivity contribution in [2.45, 2.75) is 0 Å². The molecule has 80 valence electrons. The number of rotatable bonds is 2. The van der Waals surface area contributed by atoms with Crippen LogP contribution in [0.25, 0.3) is 0 Å². The second-order valence-electron chi connectivity index (χ2n) is 3.62. The molecule has 2 heterocycles. The molecule has 3 nitrogen and oxygen atoms in total. The maximum absolute atomic E-state index is 8.79. The smallest absolute Gasteiger partial charge is 0.153 e. The van der Waals surface area contributed by atoms with Crippen molar-refractivity contribution in [1.29, 1.82) is 0 Å². The quantitative estimate of drug-likeness (QED) is 0.700. The molecule has 0 aromatic rings. The Hall–Kier alpha value is -1.92. The summed E-state index contributed by atoms with van der Waals surface area (Å²) in [5.74, 6) is 0. The van der Waals surface area contributed by atoms with Crippen LogP contribution >= 0.6 is 0 Å². The molecule has 16 heavy (non-hydrogen) atoms. The Kier molecular flexibility index (Phi) is 3.13. The fourth-order valence-corrected chi connectivity index (χ4v) is 1.47. The van der Waals surface area contributed by atoms with Gasteiger partial charge in [0.1, 0.15) is 37.0 Å². The summed E-state index contributed by atoms with van der Waals surface area (Å²) in [4.78, 5) is 3.71. The van der Waals surface area contributed by atoms with Crippen LogP contribution in [-0.2, 0) is 0 Å². The van der Waals surface area contributed by atoms with Gasteiger partial charge in [-0.25, -0.2) is 9.80 Å². The number of aliphatic hydroxyl groups is 1. The zero-order valence-corrected chi connectivity index (χ0v) is 9.22. The highest BCUT2D eigenvalue weighted by Gasteiger charge is 2.18. The third-order valence-corrected chi connectivity index (χ3v) is 2.40. The summed E-state index contributed by atoms with van der Waals surface area (Å²) < 4.78 is 0. The molecule has 0 aromatic heterocycles. The van der Waals surface area contributed by atoms with Gasteiger partial charge in [0.15, 0.2) is 11.1 Å². The van der Waals surface area contributed by atoms with E-state index >= 15 is 0 Å². The minimum absolute atomic E-state index is 0.134. The molecular formula is C13H14N2O+2. The molecule has 2 aliphatic rings. The summed E-state index contributed by atoms with van der Waals surface area (Å²) in [6.45, 7) is 0.714. The first-order valence-corrected chi connectivity index (χ1v) is 5.19. The average molecular weight is 214 g/mol. The van der Waals surface area contributed by atoms with E-state index in [1.807, 2.05) is 53.6 Å². The fourth-order valence-electron chi connectivity index (χ4n) is 1.47. The zero-order valence-electron chi connectivity index (χ0n) is 9.22. The van der Waals surface area contributed by atoms with E-state index in [0.717, 1.165) is 11.1 Å². The summed E-state index contributed by atoms with van der Waals surface area (Å²) in [7, 11) is 1.94. The van der Waals surface area contributed by atoms with Crippen LogP contribution in [0.3, 0.4) is 0 Å². The average Bonchev–Trinajstić information content (AvgIpc) is 2.32. The number of aliphatic hydroxyl groups excluding tert-OH is 1. The third-order valence-electron chi connectivity index (χ3n) is 2.40. The van der Waals surface area contributed by atoms with Gasteiger partial charge in [-0.2, -0.15) is 0 Å². The van der Waals surface area contributed by atoms with E-state index in [1.165, 1.54) is 0 Å². The van der Waals surface area contributed by atoms with E-state index in [9.17, 15) is 0 Å². The van der Waals surface area contributed by atoms with Crippen LogP contribution in [-0.4, -0.2) is 35.1 Å². The largest absolute Gasteiger partial charge is 0.394 e. The van der Waals surface area contributed by atoms with Gasteiger partial charge in [-0.15, -0.1) is 0 Å². The van der Waals surface area contributed by atoms with Crippen LogP contribution in [0.4, 0.5) is 0 Å². The monoisotopic (exact) mass is 214 g/mol. The highest BCUT2D eigenvalue weighted by Crippen LogP contribution is 2.18. The van der Waals surface area contributed by atoms with Crippen LogP contribution in [0.1, 0.15) is 0 Å². The SMILES string of the molecule is CN1[C+]=CC(=C2C=[C+]N(CCO)C=C2)C=C1. The Balaban J connectivity index is 2.11. The highest BCUT2D eigenvalue weighted by molar-refractivity contribution is 5.47. The van der Waals surface area contributed by atoms with Gasteiger partial charge < -0.3 is 5.11 Å². The van der Waals surface area contributed by atoms with Gasteiger partial charge in [0, 0.05) is 7.05 Å². The van der Waals surface area contributed by atoms with Crippen LogP contribution in [0.2, 0.25) is 0 Å². The Bertz CT molecular complexity index is 370. The van der Waals surface area contributed by atoms with Crippen LogP contribution in [0.15, 0.2) is 47.9 Å². The van der Waals surface area contributed by atoms with Gasteiger partial charge in [0.25, 0.3) is 0 Å². The lowest BCUT2D eigenvalue weighted by Crippen LogP contribution is -2.17. The normalized spacial score (nSPS) is 22.4. The molecule has 0 bridgehead atoms. The number of β-amino-alcohol motifs (C(OH)–C–C–N with tert-alkyl or cyclic N) is 1. The predicted molar refractivity (Wildman–Crippen MR) is 62.5 cm³/mol. The van der Waals surface area contributed by atoms with Gasteiger partial charge in [-0.05, 0) is 0 Å². The van der Waals surface area contributed by atoms with E-state index in [-0.39, 0.29) is 6.61 Å². The molecule has 0 atom stereocenters. The molecule has 2 aliphatic heterocycles. The molecule has 1 N–H and O–H groups in total. The van der Waals surface area contributed by atoms with Crippen LogP contribution < -0.4 is 0 Å². The minimum atomic E-state index is 0.134. The summed E-state index contributed by atoms with van der Waals surface area (Å²) in [6, 6.07) is 0. The second kappa shape index (κ2) is 4.73. The van der Waals surface area contributed by atoms with Crippen molar-refractivity contribution in [3.05, 3.63) is 60.3 Å². The maximum atomic E-state index is 8.79. The first-order valence-electron chi connectivity index (χ1n) is 5.19. The standard InChI is InChI=1S/C13H14N2O/c1-14-6-2-12(3-7-14)13-4-8-15(9-5-13)10-11-16/h2-6,8,16H,10-11H2,1H3/q+2. The lowest BCUT2D eigenvalue weighted by molar-refractivity contribution is 0.259. The van der Waals surface area contributed by atoms with Crippen molar-refractivity contribution in [3.8, 4) is 0 Å². The van der Waals surface area contributed by atoms with E-state index in [1.54, 1.807) is 0 Å². The summed E-state index contributed by atoms with van der Waals surface area (Å²) in [5.41, 5.74) is 2.22. The summed E-state index contributed by atoms with van der Waals surface area (Å²) in [6.07, 6.45) is 18.0. The number of nitrogens with zero attached hydrogens (tertiary/aromatic N) is 2. The summed E-state index contributed by atoms with van der Waals surface area (Å²) in [5, 5.41) is 8.79. The first-order chi connectivity index (χ1) is 7.79. The zero-order chi connectivity index (χ0) is 11.4. The van der Waals surface area contributed by atoms with E-state index in [4.69, 9.17) is 5.11 Å². The van der Waals surface area contributed by atoms with E-state index in [2.05, 4.69) is 12.4 Å². The third kappa shape index (κ3) is 2.36. The van der Waals surface area contributed by atoms with Crippen LogP contribution in [0.5, 0.6) is 0 Å². The first kappa shape index (κ1) is 10.6. The minimum Gasteiger partial charge on any atom is -0.394 e. The molecule has 0 spiro atoms. The number of hydrogen-bond acceptors (Lipinski definition) is 3. The predicted octanol–water partition coefficient (Wildman–Crippen LogP) is 1.20. The molecule has 0 aromatic carbocycles. The lowest BCUT2D eigenvalue weighted by Gasteiger charge is -2.06. The van der Waals surface area contributed by atoms with Gasteiger partial charge in [0.05, 0.1) is 25.3 Å². The molecule has 0 unspecified atom stereocenters. The van der Waals surface area contributed by atoms with Gasteiger partial charge in [-0.1, -0.05) is 0 Å². The second-order valence-corrected chi connectivity index (χ2v) is 3.62. The molecule has 0 saturated carbocycles. The topological polar surface area (TPSA) is 26.7 Å². The Labute approximate surface area is 96.0 Å². The molecular weight excluding hydrogens is 200 g/mol. The van der Waals surface area contributed by atoms with Crippen molar-refractivity contribution in [3.63, 3.8) is 0 Å². The van der Waals surface area contributed by atoms with Gasteiger partial charge >= 0.3 is 0 Å². The van der Waals surface area contributed by atoms with Crippen molar-refractivity contribution < 1.29 is 5.11 Å². The van der Waals surface area contributed by atoms with E-state index in [0.29, 0.717) is 6.54 Å². The van der Waals surface area contributed by atoms with E-state index < -0.39 is 0 Å². The molecule has 0 aliphatic carbocycles. The van der Waals surface area contributed by atoms with Gasteiger partial charge in [0.2, 0.25) is 0 Å². The van der Waals surface area contributed by atoms with Crippen molar-refractivity contribution in [2.75, 3.05) is 20.2 Å².